The van der Waals surface area contributed by atoms with E-state index in [1.807, 2.05) is 6.92 Å². The highest BCUT2D eigenvalue weighted by Crippen LogP contribution is 2.36. The largest absolute Gasteiger partial charge is 0.493 e. The van der Waals surface area contributed by atoms with Crippen molar-refractivity contribution in [3.8, 4) is 11.5 Å². The van der Waals surface area contributed by atoms with E-state index in [0.717, 1.165) is 43.0 Å². The highest BCUT2D eigenvalue weighted by Gasteiger charge is 2.14. The van der Waals surface area contributed by atoms with Gasteiger partial charge in [0, 0.05) is 32.0 Å². The van der Waals surface area contributed by atoms with E-state index in [1.165, 1.54) is 18.9 Å². The average Bonchev–Trinajstić information content (AvgIpc) is 2.97. The summed E-state index contributed by atoms with van der Waals surface area (Å²) in [6, 6.07) is 3.55. The Hall–Kier alpha value is -2.54. The molecule has 2 heterocycles. The number of aromatic nitrogens is 3. The molecule has 3 rings (SSSR count). The number of aryl methyl sites for hydroxylation is 1. The van der Waals surface area contributed by atoms with E-state index < -0.39 is 0 Å². The summed E-state index contributed by atoms with van der Waals surface area (Å²) in [5, 5.41) is 11.9. The van der Waals surface area contributed by atoms with E-state index in [0.29, 0.717) is 36.1 Å². The van der Waals surface area contributed by atoms with Gasteiger partial charge in [-0.25, -0.2) is 0 Å². The maximum absolute atomic E-state index is 12.2. The summed E-state index contributed by atoms with van der Waals surface area (Å²) in [6.45, 7) is 4.06. The lowest BCUT2D eigenvalue weighted by molar-refractivity contribution is -0.116. The quantitative estimate of drug-likeness (QED) is 0.609. The smallest absolute Gasteiger partial charge is 0.244 e. The Kier molecular flexibility index (Phi) is 8.13. The number of hydrogen-bond donors (Lipinski definition) is 1. The molecule has 0 saturated carbocycles. The molecule has 0 saturated heterocycles. The third-order valence-corrected chi connectivity index (χ3v) is 5.24. The van der Waals surface area contributed by atoms with E-state index in [4.69, 9.17) is 21.1 Å². The molecule has 1 aromatic carbocycles. The van der Waals surface area contributed by atoms with Gasteiger partial charge in [-0.3, -0.25) is 4.79 Å². The zero-order valence-electron chi connectivity index (χ0n) is 17.6. The number of ether oxygens (including phenoxy) is 2. The van der Waals surface area contributed by atoms with Crippen molar-refractivity contribution in [3.63, 3.8) is 0 Å². The zero-order chi connectivity index (χ0) is 21.3. The second kappa shape index (κ2) is 11.0. The first-order valence-corrected chi connectivity index (χ1v) is 10.9. The van der Waals surface area contributed by atoms with Gasteiger partial charge in [0.25, 0.3) is 0 Å². The normalized spacial score (nSPS) is 13.7. The second-order valence-corrected chi connectivity index (χ2v) is 7.66. The van der Waals surface area contributed by atoms with Gasteiger partial charge < -0.3 is 19.4 Å². The molecule has 1 aromatic heterocycles. The van der Waals surface area contributed by atoms with Crippen LogP contribution in [0.25, 0.3) is 6.08 Å². The monoisotopic (exact) mass is 432 g/mol. The predicted octanol–water partition coefficient (Wildman–Crippen LogP) is 3.83. The fourth-order valence-electron chi connectivity index (χ4n) is 3.44. The first kappa shape index (κ1) is 22.2. The van der Waals surface area contributed by atoms with E-state index in [2.05, 4.69) is 20.1 Å². The summed E-state index contributed by atoms with van der Waals surface area (Å²) in [7, 11) is 1.57. The Balaban J connectivity index is 1.55. The molecule has 0 atom stereocenters. The summed E-state index contributed by atoms with van der Waals surface area (Å²) < 4.78 is 13.2. The highest BCUT2D eigenvalue weighted by atomic mass is 35.5. The minimum absolute atomic E-state index is 0.174. The van der Waals surface area contributed by atoms with E-state index in [1.54, 1.807) is 25.3 Å². The summed E-state index contributed by atoms with van der Waals surface area (Å²) in [6.07, 6.45) is 9.26. The van der Waals surface area contributed by atoms with Crippen LogP contribution >= 0.6 is 11.6 Å². The fraction of sp³-hybridized carbons (Fsp3) is 0.500. The van der Waals surface area contributed by atoms with Crippen molar-refractivity contribution >= 4 is 23.6 Å². The SMILES string of the molecule is CCCOc1c(Cl)cc(C=CC(=O)NCCc2nnc3n2CCCCC3)cc1OC. The van der Waals surface area contributed by atoms with Crippen LogP contribution in [-0.4, -0.2) is 40.9 Å². The van der Waals surface area contributed by atoms with Crippen molar-refractivity contribution in [1.82, 2.24) is 20.1 Å². The van der Waals surface area contributed by atoms with Crippen LogP contribution in [0.2, 0.25) is 5.02 Å². The lowest BCUT2D eigenvalue weighted by Gasteiger charge is -2.12. The van der Waals surface area contributed by atoms with E-state index in [-0.39, 0.29) is 5.91 Å². The maximum atomic E-state index is 12.2. The Morgan fingerprint density at radius 2 is 2.17 bits per heavy atom. The van der Waals surface area contributed by atoms with Gasteiger partial charge in [-0.1, -0.05) is 24.9 Å². The summed E-state index contributed by atoms with van der Waals surface area (Å²) >= 11 is 6.32. The number of carbonyl (C=O) groups excluding carboxylic acids is 1. The van der Waals surface area contributed by atoms with Gasteiger partial charge in [0.05, 0.1) is 18.7 Å². The van der Waals surface area contributed by atoms with Gasteiger partial charge >= 0.3 is 0 Å². The zero-order valence-corrected chi connectivity index (χ0v) is 18.4. The number of hydrogen-bond acceptors (Lipinski definition) is 5. The molecule has 1 amide bonds. The molecule has 1 aliphatic rings. The molecule has 8 heteroatoms. The summed E-state index contributed by atoms with van der Waals surface area (Å²) in [5.41, 5.74) is 0.763. The van der Waals surface area contributed by atoms with Gasteiger partial charge in [0.2, 0.25) is 5.91 Å². The molecule has 0 radical (unpaired) electrons. The number of methoxy groups -OCH3 is 1. The van der Waals surface area contributed by atoms with E-state index in [9.17, 15) is 4.79 Å². The third kappa shape index (κ3) is 5.75. The van der Waals surface area contributed by atoms with Gasteiger partial charge in [-0.2, -0.15) is 0 Å². The number of halogens is 1. The lowest BCUT2D eigenvalue weighted by Crippen LogP contribution is -2.24. The van der Waals surface area contributed by atoms with E-state index >= 15 is 0 Å². The maximum Gasteiger partial charge on any atom is 0.244 e. The Morgan fingerprint density at radius 3 is 2.97 bits per heavy atom. The number of benzene rings is 1. The van der Waals surface area contributed by atoms with Crippen LogP contribution in [0.15, 0.2) is 18.2 Å². The fourth-order valence-corrected chi connectivity index (χ4v) is 3.71. The van der Waals surface area contributed by atoms with Crippen molar-refractivity contribution < 1.29 is 14.3 Å². The second-order valence-electron chi connectivity index (χ2n) is 7.25. The predicted molar refractivity (Wildman–Crippen MR) is 117 cm³/mol. The van der Waals surface area contributed by atoms with Crippen LogP contribution in [0.4, 0.5) is 0 Å². The summed E-state index contributed by atoms with van der Waals surface area (Å²) in [5.74, 6) is 2.90. The van der Waals surface area contributed by atoms with Crippen molar-refractivity contribution in [2.24, 2.45) is 0 Å². The first-order valence-electron chi connectivity index (χ1n) is 10.5. The standard InChI is InChI=1S/C22H29ClN4O3/c1-3-13-30-22-17(23)14-16(15-18(22)29-2)8-9-21(28)24-11-10-20-26-25-19-7-5-4-6-12-27(19)20/h8-9,14-15H,3-7,10-13H2,1-2H3,(H,24,28). The molecular weight excluding hydrogens is 404 g/mol. The van der Waals surface area contributed by atoms with Gasteiger partial charge in [0.1, 0.15) is 11.6 Å². The minimum atomic E-state index is -0.174. The number of nitrogens with one attached hydrogen (secondary N) is 1. The number of carbonyl (C=O) groups is 1. The Bertz CT molecular complexity index is 895. The van der Waals surface area contributed by atoms with Crippen LogP contribution in [-0.2, 0) is 24.2 Å². The molecule has 7 nitrogen and oxygen atoms in total. The molecule has 162 valence electrons. The molecule has 1 aliphatic heterocycles. The molecule has 0 aliphatic carbocycles. The van der Waals surface area contributed by atoms with Crippen LogP contribution in [0.1, 0.15) is 49.8 Å². The third-order valence-electron chi connectivity index (χ3n) is 4.96. The molecule has 1 N–H and O–H groups in total. The van der Waals surface area contributed by atoms with Crippen LogP contribution < -0.4 is 14.8 Å². The van der Waals surface area contributed by atoms with Crippen LogP contribution in [0, 0.1) is 0 Å². The molecule has 0 spiro atoms. The Morgan fingerprint density at radius 1 is 1.30 bits per heavy atom. The summed E-state index contributed by atoms with van der Waals surface area (Å²) in [4.78, 5) is 12.2. The van der Waals surface area contributed by atoms with Gasteiger partial charge in [-0.05, 0) is 43.0 Å². The molecule has 0 bridgehead atoms. The number of amides is 1. The molecule has 0 fully saturated rings. The average molecular weight is 433 g/mol. The van der Waals surface area contributed by atoms with Gasteiger partial charge in [0.15, 0.2) is 11.5 Å². The molecular formula is C22H29ClN4O3. The molecule has 0 unspecified atom stereocenters. The first-order chi connectivity index (χ1) is 14.6. The van der Waals surface area contributed by atoms with Crippen molar-refractivity contribution in [2.75, 3.05) is 20.3 Å². The van der Waals surface area contributed by atoms with Crippen molar-refractivity contribution in [1.29, 1.82) is 0 Å². The van der Waals surface area contributed by atoms with Crippen LogP contribution in [0.5, 0.6) is 11.5 Å². The lowest BCUT2D eigenvalue weighted by atomic mass is 10.2. The van der Waals surface area contributed by atoms with Gasteiger partial charge in [-0.15, -0.1) is 10.2 Å². The van der Waals surface area contributed by atoms with Crippen molar-refractivity contribution in [2.45, 2.75) is 52.0 Å². The topological polar surface area (TPSA) is 78.3 Å². The van der Waals surface area contributed by atoms with Crippen LogP contribution in [0.3, 0.4) is 0 Å². The molecule has 30 heavy (non-hydrogen) atoms. The highest BCUT2D eigenvalue weighted by molar-refractivity contribution is 6.32. The Labute approximate surface area is 182 Å². The number of nitrogens with zero attached hydrogens (tertiary/aromatic N) is 3. The van der Waals surface area contributed by atoms with Crippen molar-refractivity contribution in [3.05, 3.63) is 40.4 Å². The minimum Gasteiger partial charge on any atom is -0.493 e. The molecule has 2 aromatic rings. The number of fused-ring (bicyclic) bond motifs is 1. The number of rotatable bonds is 9.